The van der Waals surface area contributed by atoms with Gasteiger partial charge in [-0.25, -0.2) is 0 Å². The van der Waals surface area contributed by atoms with E-state index in [2.05, 4.69) is 44.7 Å². The molecule has 1 aromatic carbocycles. The van der Waals surface area contributed by atoms with Crippen molar-refractivity contribution in [1.29, 1.82) is 0 Å². The maximum absolute atomic E-state index is 12.1. The van der Waals surface area contributed by atoms with Gasteiger partial charge in [-0.1, -0.05) is 12.1 Å². The Kier molecular flexibility index (Phi) is 5.56. The quantitative estimate of drug-likeness (QED) is 0.820. The zero-order chi connectivity index (χ0) is 19.0. The molecule has 0 unspecified atom stereocenters. The third kappa shape index (κ3) is 4.37. The summed E-state index contributed by atoms with van der Waals surface area (Å²) < 4.78 is 0. The third-order valence-corrected chi connectivity index (χ3v) is 5.73. The van der Waals surface area contributed by atoms with E-state index in [1.807, 2.05) is 13.8 Å². The number of carbonyl (C=O) groups is 1. The molecular weight excluding hydrogens is 310 g/mol. The molecule has 0 aromatic heterocycles. The zero-order valence-electron chi connectivity index (χ0n) is 17.1. The molecule has 1 heterocycles. The molecule has 25 heavy (non-hydrogen) atoms. The topological polar surface area (TPSA) is 40.5 Å². The number of carbonyl (C=O) groups excluding carboxylic acids is 1. The van der Waals surface area contributed by atoms with Gasteiger partial charge < -0.3 is 10.0 Å². The van der Waals surface area contributed by atoms with Crippen LogP contribution in [0.4, 0.5) is 0 Å². The number of benzene rings is 1. The highest BCUT2D eigenvalue weighted by Crippen LogP contribution is 2.43. The van der Waals surface area contributed by atoms with Crippen LogP contribution in [0.1, 0.15) is 77.0 Å². The van der Waals surface area contributed by atoms with Crippen molar-refractivity contribution in [1.82, 2.24) is 4.90 Å². The number of aromatic hydroxyl groups is 1. The third-order valence-electron chi connectivity index (χ3n) is 5.73. The molecule has 1 fully saturated rings. The number of phenols is 1. The number of piperidine rings is 1. The molecule has 1 aliphatic rings. The lowest BCUT2D eigenvalue weighted by atomic mass is 9.72. The molecule has 0 spiro atoms. The number of phenolic OH excluding ortho intramolecular Hbond substituents is 1. The fourth-order valence-corrected chi connectivity index (χ4v) is 5.33. The van der Waals surface area contributed by atoms with Gasteiger partial charge in [-0.3, -0.25) is 4.79 Å². The van der Waals surface area contributed by atoms with Crippen LogP contribution in [-0.2, 0) is 11.2 Å². The second-order valence-electron chi connectivity index (χ2n) is 9.22. The Morgan fingerprint density at radius 1 is 1.12 bits per heavy atom. The minimum atomic E-state index is -0.0794. The molecule has 0 saturated carbocycles. The fraction of sp³-hybridized carbons (Fsp3) is 0.682. The summed E-state index contributed by atoms with van der Waals surface area (Å²) in [4.78, 5) is 14.2. The summed E-state index contributed by atoms with van der Waals surface area (Å²) in [6, 6.07) is 4.21. The number of rotatable bonds is 4. The van der Waals surface area contributed by atoms with E-state index in [0.29, 0.717) is 11.7 Å². The van der Waals surface area contributed by atoms with Crippen molar-refractivity contribution in [2.24, 2.45) is 5.92 Å². The van der Waals surface area contributed by atoms with Gasteiger partial charge in [0.15, 0.2) is 0 Å². The molecule has 3 nitrogen and oxygen atoms in total. The largest absolute Gasteiger partial charge is 0.507 e. The van der Waals surface area contributed by atoms with Crippen molar-refractivity contribution in [2.45, 2.75) is 91.6 Å². The molecule has 0 bridgehead atoms. The highest BCUT2D eigenvalue weighted by atomic mass is 16.3. The number of aryl methyl sites for hydroxylation is 3. The van der Waals surface area contributed by atoms with Crippen LogP contribution in [-0.4, -0.2) is 27.0 Å². The van der Waals surface area contributed by atoms with E-state index in [1.165, 1.54) is 12.0 Å². The number of amides is 1. The summed E-state index contributed by atoms with van der Waals surface area (Å²) in [5.74, 6) is 1.26. The summed E-state index contributed by atoms with van der Waals surface area (Å²) in [6.45, 7) is 14.4. The summed E-state index contributed by atoms with van der Waals surface area (Å²) >= 11 is 0. The minimum absolute atomic E-state index is 0.0794. The minimum Gasteiger partial charge on any atom is -0.507 e. The molecule has 2 rings (SSSR count). The first-order valence-corrected chi connectivity index (χ1v) is 9.54. The van der Waals surface area contributed by atoms with Crippen molar-refractivity contribution in [3.8, 4) is 5.75 Å². The van der Waals surface area contributed by atoms with Crippen molar-refractivity contribution < 1.29 is 9.90 Å². The van der Waals surface area contributed by atoms with Gasteiger partial charge >= 0.3 is 0 Å². The van der Waals surface area contributed by atoms with Crippen LogP contribution in [0.5, 0.6) is 5.75 Å². The van der Waals surface area contributed by atoms with Crippen LogP contribution in [0.2, 0.25) is 0 Å². The maximum Gasteiger partial charge on any atom is 0.220 e. The van der Waals surface area contributed by atoms with E-state index in [4.69, 9.17) is 0 Å². The molecule has 3 heteroatoms. The van der Waals surface area contributed by atoms with E-state index in [-0.39, 0.29) is 17.0 Å². The Labute approximate surface area is 153 Å². The Morgan fingerprint density at radius 3 is 2.04 bits per heavy atom. The van der Waals surface area contributed by atoms with Gasteiger partial charge in [0.05, 0.1) is 0 Å². The molecule has 1 N–H and O–H groups in total. The second kappa shape index (κ2) is 7.01. The Hall–Kier alpha value is -1.51. The zero-order valence-corrected chi connectivity index (χ0v) is 17.1. The van der Waals surface area contributed by atoms with E-state index in [1.54, 1.807) is 6.92 Å². The smallest absolute Gasteiger partial charge is 0.220 e. The summed E-state index contributed by atoms with van der Waals surface area (Å²) in [7, 11) is 0. The average molecular weight is 346 g/mol. The van der Waals surface area contributed by atoms with E-state index >= 15 is 0 Å². The first-order chi connectivity index (χ1) is 11.4. The first-order valence-electron chi connectivity index (χ1n) is 9.54. The molecule has 1 saturated heterocycles. The number of hydrogen-bond acceptors (Lipinski definition) is 2. The van der Waals surface area contributed by atoms with E-state index in [9.17, 15) is 9.90 Å². The fourth-order valence-electron chi connectivity index (χ4n) is 5.33. The molecule has 140 valence electrons. The lowest BCUT2D eigenvalue weighted by molar-refractivity contribution is -0.149. The average Bonchev–Trinajstić information content (AvgIpc) is 2.41. The molecule has 0 atom stereocenters. The van der Waals surface area contributed by atoms with Gasteiger partial charge in [-0.15, -0.1) is 0 Å². The highest BCUT2D eigenvalue weighted by molar-refractivity contribution is 5.75. The molecule has 1 aliphatic heterocycles. The second-order valence-corrected chi connectivity index (χ2v) is 9.22. The number of nitrogens with zero attached hydrogens (tertiary/aromatic N) is 1. The van der Waals surface area contributed by atoms with Crippen LogP contribution < -0.4 is 0 Å². The summed E-state index contributed by atoms with van der Waals surface area (Å²) in [6.07, 6.45) is 5.54. The van der Waals surface area contributed by atoms with E-state index in [0.717, 1.165) is 36.8 Å². The standard InChI is InChI=1S/C22H35NO2/c1-15-11-18(12-16(2)20(15)25)9-8-10-19-13-21(4,5)23(17(3)24)22(6,7)14-19/h11-12,19,25H,8-10,13-14H2,1-7H3. The van der Waals surface area contributed by atoms with E-state index < -0.39 is 0 Å². The normalized spacial score (nSPS) is 19.9. The molecule has 1 amide bonds. The number of likely N-dealkylation sites (tertiary alicyclic amines) is 1. The van der Waals surface area contributed by atoms with Crippen LogP contribution in [0.25, 0.3) is 0 Å². The maximum atomic E-state index is 12.1. The highest BCUT2D eigenvalue weighted by Gasteiger charge is 2.46. The lowest BCUT2D eigenvalue weighted by Crippen LogP contribution is -2.62. The van der Waals surface area contributed by atoms with Crippen LogP contribution >= 0.6 is 0 Å². The molecule has 0 radical (unpaired) electrons. The monoisotopic (exact) mass is 345 g/mol. The Morgan fingerprint density at radius 2 is 1.60 bits per heavy atom. The van der Waals surface area contributed by atoms with Crippen molar-refractivity contribution >= 4 is 5.91 Å². The predicted molar refractivity (Wildman–Crippen MR) is 104 cm³/mol. The Bertz CT molecular complexity index is 604. The van der Waals surface area contributed by atoms with Crippen molar-refractivity contribution in [3.05, 3.63) is 28.8 Å². The number of hydrogen-bond donors (Lipinski definition) is 1. The van der Waals surface area contributed by atoms with Gasteiger partial charge in [0.2, 0.25) is 5.91 Å². The first kappa shape index (κ1) is 19.8. The van der Waals surface area contributed by atoms with Crippen molar-refractivity contribution in [2.75, 3.05) is 0 Å². The van der Waals surface area contributed by atoms with Crippen molar-refractivity contribution in [3.63, 3.8) is 0 Å². The molecular formula is C22H35NO2. The van der Waals surface area contributed by atoms with Crippen LogP contribution in [0.3, 0.4) is 0 Å². The predicted octanol–water partition coefficient (Wildman–Crippen LogP) is 5.15. The lowest BCUT2D eigenvalue weighted by Gasteiger charge is -2.55. The summed E-state index contributed by atoms with van der Waals surface area (Å²) in [5.41, 5.74) is 3.08. The van der Waals surface area contributed by atoms with Gasteiger partial charge in [-0.05, 0) is 96.3 Å². The molecule has 1 aromatic rings. The van der Waals surface area contributed by atoms with Gasteiger partial charge in [0, 0.05) is 18.0 Å². The summed E-state index contributed by atoms with van der Waals surface area (Å²) in [5, 5.41) is 9.91. The molecule has 0 aliphatic carbocycles. The van der Waals surface area contributed by atoms with Gasteiger partial charge in [0.1, 0.15) is 5.75 Å². The Balaban J connectivity index is 1.99. The van der Waals surface area contributed by atoms with Crippen LogP contribution in [0, 0.1) is 19.8 Å². The SMILES string of the molecule is CC(=O)N1C(C)(C)CC(CCCc2cc(C)c(O)c(C)c2)CC1(C)C. The van der Waals surface area contributed by atoms with Gasteiger partial charge in [-0.2, -0.15) is 0 Å². The van der Waals surface area contributed by atoms with Gasteiger partial charge in [0.25, 0.3) is 0 Å². The van der Waals surface area contributed by atoms with Crippen LogP contribution in [0.15, 0.2) is 12.1 Å².